The van der Waals surface area contributed by atoms with Gasteiger partial charge in [0.25, 0.3) is 0 Å². The van der Waals surface area contributed by atoms with Gasteiger partial charge in [-0.1, -0.05) is 30.3 Å². The van der Waals surface area contributed by atoms with Crippen LogP contribution in [0.4, 0.5) is 4.79 Å². The van der Waals surface area contributed by atoms with E-state index in [-0.39, 0.29) is 19.6 Å². The Bertz CT molecular complexity index is 609. The van der Waals surface area contributed by atoms with Crippen LogP contribution in [0.15, 0.2) is 30.3 Å². The highest BCUT2D eigenvalue weighted by Gasteiger charge is 2.56. The third-order valence-corrected chi connectivity index (χ3v) is 4.41. The van der Waals surface area contributed by atoms with Crippen LogP contribution < -0.4 is 5.32 Å². The van der Waals surface area contributed by atoms with Crippen molar-refractivity contribution in [1.82, 2.24) is 5.32 Å². The minimum atomic E-state index is -0.993. The van der Waals surface area contributed by atoms with E-state index in [1.54, 1.807) is 13.8 Å². The minimum absolute atomic E-state index is 0.123. The van der Waals surface area contributed by atoms with Gasteiger partial charge in [0.2, 0.25) is 0 Å². The van der Waals surface area contributed by atoms with Gasteiger partial charge in [-0.15, -0.1) is 0 Å². The number of hydrogen-bond donors (Lipinski definition) is 3. The normalized spacial score (nSPS) is 30.6. The van der Waals surface area contributed by atoms with Crippen molar-refractivity contribution < 1.29 is 34.0 Å². The number of carbonyl (C=O) groups is 1. The van der Waals surface area contributed by atoms with Gasteiger partial charge < -0.3 is 34.5 Å². The number of aliphatic hydroxyl groups excluding tert-OH is 2. The van der Waals surface area contributed by atoms with E-state index in [0.717, 1.165) is 5.56 Å². The second-order valence-corrected chi connectivity index (χ2v) is 6.88. The summed E-state index contributed by atoms with van der Waals surface area (Å²) >= 11 is 0. The lowest BCUT2D eigenvalue weighted by Crippen LogP contribution is -2.50. The summed E-state index contributed by atoms with van der Waals surface area (Å²) in [6.07, 6.45) is -3.57. The lowest BCUT2D eigenvalue weighted by atomic mass is 10.0. The first kappa shape index (κ1) is 19.1. The van der Waals surface area contributed by atoms with Gasteiger partial charge in [0, 0.05) is 6.61 Å². The molecule has 2 aliphatic heterocycles. The molecule has 1 aromatic carbocycles. The molecule has 26 heavy (non-hydrogen) atoms. The Morgan fingerprint density at radius 2 is 2.04 bits per heavy atom. The van der Waals surface area contributed by atoms with Crippen LogP contribution in [-0.4, -0.2) is 59.3 Å². The number of aliphatic hydroxyl groups is 2. The van der Waals surface area contributed by atoms with E-state index in [2.05, 4.69) is 5.32 Å². The van der Waals surface area contributed by atoms with Gasteiger partial charge in [-0.05, 0) is 25.8 Å². The molecule has 5 atom stereocenters. The largest absolute Gasteiger partial charge is 0.445 e. The third-order valence-electron chi connectivity index (χ3n) is 4.41. The zero-order chi connectivity index (χ0) is 18.7. The molecular formula is C18H25NO7. The third kappa shape index (κ3) is 4.33. The number of rotatable bonds is 6. The Morgan fingerprint density at radius 1 is 1.31 bits per heavy atom. The quantitative estimate of drug-likeness (QED) is 0.686. The molecule has 3 N–H and O–H groups in total. The standard InChI is InChI=1S/C18H25NO7/c1-18(2)25-15-13(21)14(24-16(15)26-18)12(8-9-20)19-17(22)23-10-11-6-4-3-5-7-11/h3-7,12-16,20-21H,8-10H2,1-2H3,(H,19,22)/t12-,13-,14+,15+,16+/m0/s1. The van der Waals surface area contributed by atoms with Gasteiger partial charge in [-0.3, -0.25) is 0 Å². The lowest BCUT2D eigenvalue weighted by molar-refractivity contribution is -0.218. The Labute approximate surface area is 152 Å². The van der Waals surface area contributed by atoms with Crippen molar-refractivity contribution in [2.24, 2.45) is 0 Å². The number of fused-ring (bicyclic) bond motifs is 1. The van der Waals surface area contributed by atoms with Crippen molar-refractivity contribution in [3.05, 3.63) is 35.9 Å². The molecule has 0 spiro atoms. The summed E-state index contributed by atoms with van der Waals surface area (Å²) in [5.74, 6) is -0.837. The van der Waals surface area contributed by atoms with Crippen LogP contribution in [0.25, 0.3) is 0 Å². The van der Waals surface area contributed by atoms with Crippen LogP contribution in [0.1, 0.15) is 25.8 Å². The number of hydrogen-bond acceptors (Lipinski definition) is 7. The molecule has 3 rings (SSSR count). The van der Waals surface area contributed by atoms with Crippen LogP contribution in [0, 0.1) is 0 Å². The van der Waals surface area contributed by atoms with Crippen molar-refractivity contribution in [1.29, 1.82) is 0 Å². The molecule has 144 valence electrons. The monoisotopic (exact) mass is 367 g/mol. The number of carbonyl (C=O) groups excluding carboxylic acids is 1. The smallest absolute Gasteiger partial charge is 0.407 e. The maximum absolute atomic E-state index is 12.1. The van der Waals surface area contributed by atoms with Crippen molar-refractivity contribution in [3.63, 3.8) is 0 Å². The Balaban J connectivity index is 1.56. The molecule has 0 radical (unpaired) electrons. The summed E-state index contributed by atoms with van der Waals surface area (Å²) in [5.41, 5.74) is 0.858. The van der Waals surface area contributed by atoms with E-state index in [1.807, 2.05) is 30.3 Å². The average molecular weight is 367 g/mol. The number of benzene rings is 1. The molecule has 0 bridgehead atoms. The SMILES string of the molecule is CC1(C)O[C@H]2O[C@H]([C@H](CCO)NC(=O)OCc3ccccc3)[C@H](O)[C@H]2O1. The molecular weight excluding hydrogens is 342 g/mol. The first-order chi connectivity index (χ1) is 12.4. The van der Waals surface area contributed by atoms with Crippen molar-refractivity contribution in [3.8, 4) is 0 Å². The first-order valence-electron chi connectivity index (χ1n) is 8.67. The average Bonchev–Trinajstić information content (AvgIpc) is 3.06. The fourth-order valence-corrected chi connectivity index (χ4v) is 3.22. The molecule has 2 aliphatic rings. The summed E-state index contributed by atoms with van der Waals surface area (Å²) in [6, 6.07) is 8.64. The maximum atomic E-state index is 12.1. The maximum Gasteiger partial charge on any atom is 0.407 e. The first-order valence-corrected chi connectivity index (χ1v) is 8.67. The van der Waals surface area contributed by atoms with E-state index in [4.69, 9.17) is 18.9 Å². The molecule has 1 aromatic rings. The molecule has 1 amide bonds. The predicted molar refractivity (Wildman–Crippen MR) is 90.0 cm³/mol. The van der Waals surface area contributed by atoms with Crippen LogP contribution in [0.2, 0.25) is 0 Å². The number of amides is 1. The topological polar surface area (TPSA) is 106 Å². The zero-order valence-electron chi connectivity index (χ0n) is 14.8. The van der Waals surface area contributed by atoms with E-state index in [0.29, 0.717) is 0 Å². The molecule has 2 saturated heterocycles. The second kappa shape index (κ2) is 7.89. The highest BCUT2D eigenvalue weighted by atomic mass is 16.8. The van der Waals surface area contributed by atoms with Crippen LogP contribution in [0.5, 0.6) is 0 Å². The van der Waals surface area contributed by atoms with Crippen LogP contribution in [-0.2, 0) is 25.6 Å². The Hall–Kier alpha value is -1.71. The van der Waals surface area contributed by atoms with E-state index < -0.39 is 42.5 Å². The molecule has 2 heterocycles. The molecule has 0 aromatic heterocycles. The van der Waals surface area contributed by atoms with Crippen molar-refractivity contribution in [2.45, 2.75) is 63.3 Å². The van der Waals surface area contributed by atoms with Crippen molar-refractivity contribution >= 4 is 6.09 Å². The van der Waals surface area contributed by atoms with Gasteiger partial charge in [0.05, 0.1) is 6.04 Å². The number of alkyl carbamates (subject to hydrolysis) is 1. The summed E-state index contributed by atoms with van der Waals surface area (Å²) in [6.45, 7) is 3.42. The molecule has 8 nitrogen and oxygen atoms in total. The molecule has 0 unspecified atom stereocenters. The van der Waals surface area contributed by atoms with E-state index in [9.17, 15) is 15.0 Å². The van der Waals surface area contributed by atoms with Gasteiger partial charge in [0.1, 0.15) is 24.9 Å². The minimum Gasteiger partial charge on any atom is -0.445 e. The van der Waals surface area contributed by atoms with E-state index in [1.165, 1.54) is 0 Å². The molecule has 0 aliphatic carbocycles. The van der Waals surface area contributed by atoms with Crippen LogP contribution in [0.3, 0.4) is 0 Å². The van der Waals surface area contributed by atoms with Crippen LogP contribution >= 0.6 is 0 Å². The summed E-state index contributed by atoms with van der Waals surface area (Å²) in [5, 5.41) is 22.5. The Kier molecular flexibility index (Phi) is 5.79. The summed E-state index contributed by atoms with van der Waals surface area (Å²) in [4.78, 5) is 12.1. The number of nitrogens with one attached hydrogen (secondary N) is 1. The summed E-state index contributed by atoms with van der Waals surface area (Å²) in [7, 11) is 0. The summed E-state index contributed by atoms with van der Waals surface area (Å²) < 4.78 is 22.2. The van der Waals surface area contributed by atoms with E-state index >= 15 is 0 Å². The molecule has 2 fully saturated rings. The molecule has 8 heteroatoms. The Morgan fingerprint density at radius 3 is 2.69 bits per heavy atom. The molecule has 0 saturated carbocycles. The number of ether oxygens (including phenoxy) is 4. The van der Waals surface area contributed by atoms with Crippen molar-refractivity contribution in [2.75, 3.05) is 6.61 Å². The lowest BCUT2D eigenvalue weighted by Gasteiger charge is -2.28. The highest BCUT2D eigenvalue weighted by Crippen LogP contribution is 2.38. The van der Waals surface area contributed by atoms with Gasteiger partial charge >= 0.3 is 6.09 Å². The zero-order valence-corrected chi connectivity index (χ0v) is 14.8. The van der Waals surface area contributed by atoms with Gasteiger partial charge in [0.15, 0.2) is 12.1 Å². The van der Waals surface area contributed by atoms with Gasteiger partial charge in [-0.2, -0.15) is 0 Å². The highest BCUT2D eigenvalue weighted by molar-refractivity contribution is 5.67. The second-order valence-electron chi connectivity index (χ2n) is 6.88. The predicted octanol–water partition coefficient (Wildman–Crippen LogP) is 0.901. The fraction of sp³-hybridized carbons (Fsp3) is 0.611. The van der Waals surface area contributed by atoms with Gasteiger partial charge in [-0.25, -0.2) is 4.79 Å². The fourth-order valence-electron chi connectivity index (χ4n) is 3.22.